The minimum Gasteiger partial charge on any atom is -0.455 e. The van der Waals surface area contributed by atoms with Crippen LogP contribution >= 0.6 is 11.8 Å². The van der Waals surface area contributed by atoms with Crippen LogP contribution in [0.1, 0.15) is 37.7 Å². The van der Waals surface area contributed by atoms with Crippen molar-refractivity contribution in [3.05, 3.63) is 17.0 Å². The first-order chi connectivity index (χ1) is 13.1. The number of rotatable bonds is 7. The minimum absolute atomic E-state index is 0.0396. The molecule has 2 aromatic heterocycles. The largest absolute Gasteiger partial charge is 0.455 e. The topological polar surface area (TPSA) is 122 Å². The molecule has 2 heterocycles. The van der Waals surface area contributed by atoms with Crippen molar-refractivity contribution in [3.8, 4) is 6.07 Å². The molecule has 0 aromatic carbocycles. The number of fused-ring (bicyclic) bond motifs is 1. The number of amides is 1. The normalized spacial score (nSPS) is 13.2. The van der Waals surface area contributed by atoms with Gasteiger partial charge >= 0.3 is 5.97 Å². The molecule has 28 heavy (non-hydrogen) atoms. The summed E-state index contributed by atoms with van der Waals surface area (Å²) in [6.45, 7) is 8.46. The van der Waals surface area contributed by atoms with Crippen molar-refractivity contribution in [3.63, 3.8) is 0 Å². The molecule has 0 saturated heterocycles. The molecule has 0 aliphatic heterocycles. The van der Waals surface area contributed by atoms with Crippen LogP contribution in [0.4, 0.5) is 0 Å². The number of hydrogen-bond acceptors (Lipinski definition) is 8. The van der Waals surface area contributed by atoms with Crippen molar-refractivity contribution < 1.29 is 14.3 Å². The summed E-state index contributed by atoms with van der Waals surface area (Å²) in [7, 11) is 0. The summed E-state index contributed by atoms with van der Waals surface area (Å²) in [5.41, 5.74) is 1.06. The van der Waals surface area contributed by atoms with Crippen molar-refractivity contribution >= 4 is 29.4 Å². The molecular weight excluding hydrogens is 380 g/mol. The van der Waals surface area contributed by atoms with Crippen molar-refractivity contribution in [1.29, 1.82) is 5.26 Å². The number of ether oxygens (including phenoxy) is 1. The highest BCUT2D eigenvalue weighted by atomic mass is 32.2. The van der Waals surface area contributed by atoms with Gasteiger partial charge in [0.25, 0.3) is 11.7 Å². The summed E-state index contributed by atoms with van der Waals surface area (Å²) < 4.78 is 6.68. The molecule has 0 unspecified atom stereocenters. The average molecular weight is 404 g/mol. The Bertz CT molecular complexity index is 949. The number of esters is 1. The molecule has 2 aromatic rings. The molecule has 0 radical (unpaired) electrons. The van der Waals surface area contributed by atoms with E-state index in [1.165, 1.54) is 11.8 Å². The van der Waals surface area contributed by atoms with Crippen LogP contribution in [0.3, 0.4) is 0 Å². The molecule has 0 bridgehead atoms. The van der Waals surface area contributed by atoms with Crippen molar-refractivity contribution in [2.75, 3.05) is 12.9 Å². The third-order valence-electron chi connectivity index (χ3n) is 4.68. The Labute approximate surface area is 167 Å². The molecule has 0 aliphatic carbocycles. The molecule has 2 rings (SSSR count). The maximum Gasteiger partial charge on any atom is 0.310 e. The van der Waals surface area contributed by atoms with E-state index in [9.17, 15) is 14.9 Å². The summed E-state index contributed by atoms with van der Waals surface area (Å²) in [6, 6.07) is 2.08. The predicted octanol–water partition coefficient (Wildman–Crippen LogP) is 1.60. The van der Waals surface area contributed by atoms with Gasteiger partial charge in [0.2, 0.25) is 5.16 Å². The van der Waals surface area contributed by atoms with E-state index in [1.807, 2.05) is 27.0 Å². The molecule has 9 nitrogen and oxygen atoms in total. The van der Waals surface area contributed by atoms with Gasteiger partial charge in [0.05, 0.1) is 12.5 Å². The average Bonchev–Trinajstić information content (AvgIpc) is 3.06. The summed E-state index contributed by atoms with van der Waals surface area (Å²) in [6.07, 6.45) is 1.83. The van der Waals surface area contributed by atoms with Gasteiger partial charge in [-0.25, -0.2) is 9.50 Å². The smallest absolute Gasteiger partial charge is 0.310 e. The van der Waals surface area contributed by atoms with Crippen LogP contribution in [0, 0.1) is 31.1 Å². The fourth-order valence-electron chi connectivity index (χ4n) is 2.50. The lowest BCUT2D eigenvalue weighted by atomic mass is 9.90. The van der Waals surface area contributed by atoms with Crippen LogP contribution in [-0.2, 0) is 20.7 Å². The molecule has 150 valence electrons. The highest BCUT2D eigenvalue weighted by molar-refractivity contribution is 7.98. The maximum atomic E-state index is 12.2. The Hall–Kier alpha value is -2.67. The Kier molecular flexibility index (Phi) is 6.61. The lowest BCUT2D eigenvalue weighted by molar-refractivity contribution is -0.148. The first kappa shape index (κ1) is 21.6. The molecule has 0 saturated carbocycles. The number of aryl methyl sites for hydroxylation is 2. The second kappa shape index (κ2) is 8.56. The van der Waals surface area contributed by atoms with Crippen LogP contribution in [0.25, 0.3) is 5.78 Å². The van der Waals surface area contributed by atoms with Crippen molar-refractivity contribution in [2.24, 2.45) is 5.92 Å². The van der Waals surface area contributed by atoms with E-state index in [0.717, 1.165) is 5.69 Å². The number of hydrogen-bond donors (Lipinski definition) is 1. The SMILES string of the molecule is CSc1nc2nc(C)c(CC(=O)OCC(=O)N[C@@](C)(C#N)C(C)C)c(C)n2n1. The van der Waals surface area contributed by atoms with Crippen LogP contribution in [0.15, 0.2) is 5.16 Å². The van der Waals surface area contributed by atoms with E-state index < -0.39 is 24.0 Å². The molecule has 0 fully saturated rings. The Morgan fingerprint density at radius 1 is 1.36 bits per heavy atom. The molecular formula is C18H24N6O3S. The van der Waals surface area contributed by atoms with Gasteiger partial charge in [0, 0.05) is 17.0 Å². The first-order valence-electron chi connectivity index (χ1n) is 8.76. The molecule has 1 atom stereocenters. The third kappa shape index (κ3) is 4.59. The molecule has 1 amide bonds. The maximum absolute atomic E-state index is 12.2. The fraction of sp³-hybridized carbons (Fsp3) is 0.556. The number of nitrogens with one attached hydrogen (secondary N) is 1. The summed E-state index contributed by atoms with van der Waals surface area (Å²) in [5.74, 6) is -0.695. The standard InChI is InChI=1S/C18H24N6O3S/c1-10(2)18(5,9-19)22-14(25)8-27-15(26)7-13-11(3)20-16-21-17(28-6)23-24(16)12(13)4/h10H,7-8H2,1-6H3,(H,22,25)/t18-/m0/s1. The lowest BCUT2D eigenvalue weighted by Gasteiger charge is -2.27. The van der Waals surface area contributed by atoms with Crippen LogP contribution in [0.2, 0.25) is 0 Å². The third-order valence-corrected chi connectivity index (χ3v) is 5.22. The molecule has 10 heteroatoms. The van der Waals surface area contributed by atoms with E-state index in [-0.39, 0.29) is 12.3 Å². The number of carbonyl (C=O) groups excluding carboxylic acids is 2. The lowest BCUT2D eigenvalue weighted by Crippen LogP contribution is -2.50. The molecule has 1 N–H and O–H groups in total. The van der Waals surface area contributed by atoms with Gasteiger partial charge in [-0.15, -0.1) is 5.10 Å². The number of aromatic nitrogens is 4. The van der Waals surface area contributed by atoms with E-state index in [0.29, 0.717) is 22.2 Å². The van der Waals surface area contributed by atoms with Gasteiger partial charge in [-0.3, -0.25) is 9.59 Å². The second-order valence-corrected chi connectivity index (χ2v) is 7.70. The van der Waals surface area contributed by atoms with Crippen LogP contribution < -0.4 is 5.32 Å². The van der Waals surface area contributed by atoms with E-state index in [2.05, 4.69) is 26.5 Å². The Morgan fingerprint density at radius 2 is 2.04 bits per heavy atom. The number of thioether (sulfide) groups is 1. The number of nitrogens with zero attached hydrogens (tertiary/aromatic N) is 5. The zero-order chi connectivity index (χ0) is 21.1. The predicted molar refractivity (Wildman–Crippen MR) is 104 cm³/mol. The van der Waals surface area contributed by atoms with Gasteiger partial charge in [0.1, 0.15) is 5.54 Å². The van der Waals surface area contributed by atoms with Crippen LogP contribution in [-0.4, -0.2) is 49.9 Å². The minimum atomic E-state index is -1.02. The monoisotopic (exact) mass is 404 g/mol. The van der Waals surface area contributed by atoms with Crippen molar-refractivity contribution in [2.45, 2.75) is 51.7 Å². The summed E-state index contributed by atoms with van der Waals surface area (Å²) in [4.78, 5) is 33.0. The van der Waals surface area contributed by atoms with Gasteiger partial charge < -0.3 is 10.1 Å². The second-order valence-electron chi connectivity index (χ2n) is 6.93. The zero-order valence-corrected chi connectivity index (χ0v) is 17.7. The quantitative estimate of drug-likeness (QED) is 0.545. The summed E-state index contributed by atoms with van der Waals surface area (Å²) >= 11 is 1.41. The Balaban J connectivity index is 2.05. The summed E-state index contributed by atoms with van der Waals surface area (Å²) in [5, 5.41) is 16.8. The first-order valence-corrected chi connectivity index (χ1v) is 9.98. The molecule has 0 aliphatic rings. The van der Waals surface area contributed by atoms with Gasteiger partial charge in [-0.2, -0.15) is 10.2 Å². The van der Waals surface area contributed by atoms with Gasteiger partial charge in [0.15, 0.2) is 6.61 Å². The highest BCUT2D eigenvalue weighted by Crippen LogP contribution is 2.18. The number of carbonyl (C=O) groups is 2. The van der Waals surface area contributed by atoms with E-state index in [1.54, 1.807) is 18.4 Å². The van der Waals surface area contributed by atoms with Crippen LogP contribution in [0.5, 0.6) is 0 Å². The van der Waals surface area contributed by atoms with Crippen molar-refractivity contribution in [1.82, 2.24) is 24.9 Å². The fourth-order valence-corrected chi connectivity index (χ4v) is 2.84. The Morgan fingerprint density at radius 3 is 2.61 bits per heavy atom. The van der Waals surface area contributed by atoms with Gasteiger partial charge in [-0.05, 0) is 32.9 Å². The number of nitriles is 1. The van der Waals surface area contributed by atoms with E-state index >= 15 is 0 Å². The zero-order valence-electron chi connectivity index (χ0n) is 16.9. The van der Waals surface area contributed by atoms with E-state index in [4.69, 9.17) is 4.74 Å². The molecule has 0 spiro atoms. The van der Waals surface area contributed by atoms with Gasteiger partial charge in [-0.1, -0.05) is 25.6 Å². The highest BCUT2D eigenvalue weighted by Gasteiger charge is 2.30.